The molecule has 1 heteroatoms. The number of para-hydroxylation sites is 1. The molecule has 0 fully saturated rings. The molecule has 0 amide bonds. The van der Waals surface area contributed by atoms with Gasteiger partial charge < -0.3 is 5.11 Å². The van der Waals surface area contributed by atoms with E-state index in [1.807, 2.05) is 48.5 Å². The van der Waals surface area contributed by atoms with Crippen LogP contribution in [-0.2, 0) is 0 Å². The first-order valence-corrected chi connectivity index (χ1v) is 5.54. The minimum atomic E-state index is 0.210. The number of hydrogen-bond acceptors (Lipinski definition) is 1. The molecule has 0 saturated carbocycles. The lowest BCUT2D eigenvalue weighted by atomic mass is 10.0. The lowest BCUT2D eigenvalue weighted by Crippen LogP contribution is -1.79. The van der Waals surface area contributed by atoms with Crippen LogP contribution < -0.4 is 0 Å². The Bertz CT molecular complexity index is 719. The van der Waals surface area contributed by atoms with Gasteiger partial charge in [0.15, 0.2) is 0 Å². The maximum absolute atomic E-state index is 9.88. The smallest absolute Gasteiger partial charge is 0.123 e. The number of benzene rings is 3. The fraction of sp³-hybridized carbons (Fsp3) is 0. The molecule has 0 aliphatic heterocycles. The maximum Gasteiger partial charge on any atom is 0.123 e. The van der Waals surface area contributed by atoms with Gasteiger partial charge in [0, 0.05) is 5.56 Å². The summed E-state index contributed by atoms with van der Waals surface area (Å²) in [5.41, 5.74) is 1.46. The Labute approximate surface area is 101 Å². The van der Waals surface area contributed by atoms with Gasteiger partial charge in [0.25, 0.3) is 0 Å². The summed E-state index contributed by atoms with van der Waals surface area (Å²) in [5.74, 6) is 0.210. The van der Waals surface area contributed by atoms with E-state index in [2.05, 4.69) is 0 Å². The van der Waals surface area contributed by atoms with E-state index >= 15 is 0 Å². The molecule has 0 radical (unpaired) electrons. The van der Waals surface area contributed by atoms with Gasteiger partial charge in [-0.3, -0.25) is 0 Å². The monoisotopic (exact) mass is 221 g/mol. The molecule has 0 bridgehead atoms. The van der Waals surface area contributed by atoms with Crippen LogP contribution in [0.1, 0.15) is 1.37 Å². The Morgan fingerprint density at radius 3 is 2.29 bits per heavy atom. The molecule has 3 aromatic rings. The molecule has 0 aliphatic rings. The Hall–Kier alpha value is -2.28. The molecule has 0 saturated heterocycles. The summed E-state index contributed by atoms with van der Waals surface area (Å²) in [6.45, 7) is 0. The van der Waals surface area contributed by atoms with E-state index in [0.29, 0.717) is 11.6 Å². The van der Waals surface area contributed by atoms with Crippen molar-refractivity contribution in [1.82, 2.24) is 0 Å². The first kappa shape index (κ1) is 8.82. The van der Waals surface area contributed by atoms with Crippen molar-refractivity contribution in [2.75, 3.05) is 0 Å². The van der Waals surface area contributed by atoms with Crippen LogP contribution in [0.2, 0.25) is 0 Å². The molecule has 0 spiro atoms. The van der Waals surface area contributed by atoms with Crippen LogP contribution in [0.3, 0.4) is 0 Å². The van der Waals surface area contributed by atoms with Gasteiger partial charge in [-0.25, -0.2) is 0 Å². The second kappa shape index (κ2) is 3.95. The molecule has 0 heterocycles. The largest absolute Gasteiger partial charge is 0.507 e. The van der Waals surface area contributed by atoms with Crippen molar-refractivity contribution in [2.45, 2.75) is 0 Å². The van der Waals surface area contributed by atoms with Crippen LogP contribution >= 0.6 is 0 Å². The standard InChI is InChI=1S/C16H12O/c17-16-8-4-3-7-15(16)14-10-9-12-5-1-2-6-13(12)11-14/h1-11,17H/i11D. The van der Waals surface area contributed by atoms with Crippen molar-refractivity contribution in [3.63, 3.8) is 0 Å². The van der Waals surface area contributed by atoms with E-state index in [4.69, 9.17) is 1.37 Å². The maximum atomic E-state index is 9.88. The van der Waals surface area contributed by atoms with Crippen LogP contribution in [-0.4, -0.2) is 5.11 Å². The Kier molecular flexibility index (Phi) is 2.05. The number of phenolic OH excluding ortho intramolecular Hbond substituents is 1. The van der Waals surface area contributed by atoms with Gasteiger partial charge in [-0.15, -0.1) is 0 Å². The first-order valence-electron chi connectivity index (χ1n) is 6.04. The van der Waals surface area contributed by atoms with E-state index in [1.54, 1.807) is 12.1 Å². The average Bonchev–Trinajstić information content (AvgIpc) is 2.41. The van der Waals surface area contributed by atoms with E-state index in [1.165, 1.54) is 0 Å². The first-order chi connectivity index (χ1) is 8.77. The Morgan fingerprint density at radius 2 is 1.47 bits per heavy atom. The zero-order chi connectivity index (χ0) is 12.5. The van der Waals surface area contributed by atoms with Gasteiger partial charge in [0.2, 0.25) is 0 Å². The lowest BCUT2D eigenvalue weighted by Gasteiger charge is -2.06. The second-order valence-corrected chi connectivity index (χ2v) is 3.98. The topological polar surface area (TPSA) is 20.2 Å². The van der Waals surface area contributed by atoms with Crippen LogP contribution in [0.25, 0.3) is 21.9 Å². The third-order valence-corrected chi connectivity index (χ3v) is 2.85. The summed E-state index contributed by atoms with van der Waals surface area (Å²) in [6, 6.07) is 19.2. The number of hydrogen-bond donors (Lipinski definition) is 1. The van der Waals surface area contributed by atoms with E-state index in [-0.39, 0.29) is 5.75 Å². The molecule has 0 unspecified atom stereocenters. The van der Waals surface area contributed by atoms with Crippen molar-refractivity contribution in [1.29, 1.82) is 0 Å². The Morgan fingerprint density at radius 1 is 0.765 bits per heavy atom. The fourth-order valence-corrected chi connectivity index (χ4v) is 1.97. The van der Waals surface area contributed by atoms with E-state index in [0.717, 1.165) is 16.3 Å². The molecule has 3 rings (SSSR count). The number of fused-ring (bicyclic) bond motifs is 1. The minimum Gasteiger partial charge on any atom is -0.507 e. The van der Waals surface area contributed by atoms with Crippen molar-refractivity contribution in [3.05, 3.63) is 66.7 Å². The van der Waals surface area contributed by atoms with Gasteiger partial charge in [-0.05, 0) is 28.4 Å². The molecular weight excluding hydrogens is 208 g/mol. The summed E-state index contributed by atoms with van der Waals surface area (Å²) >= 11 is 0. The molecule has 3 aromatic carbocycles. The highest BCUT2D eigenvalue weighted by molar-refractivity contribution is 5.88. The Balaban J connectivity index is 2.31. The van der Waals surface area contributed by atoms with E-state index in [9.17, 15) is 5.11 Å². The highest BCUT2D eigenvalue weighted by atomic mass is 16.3. The molecular formula is C16H12O. The quantitative estimate of drug-likeness (QED) is 0.652. The summed E-state index contributed by atoms with van der Waals surface area (Å²) in [6.07, 6.45) is 0. The minimum absolute atomic E-state index is 0.210. The van der Waals surface area contributed by atoms with Crippen molar-refractivity contribution in [3.8, 4) is 16.9 Å². The van der Waals surface area contributed by atoms with E-state index < -0.39 is 0 Å². The molecule has 1 N–H and O–H groups in total. The molecule has 1 nitrogen and oxygen atoms in total. The second-order valence-electron chi connectivity index (χ2n) is 3.98. The van der Waals surface area contributed by atoms with Crippen LogP contribution in [0, 0.1) is 0 Å². The van der Waals surface area contributed by atoms with Crippen LogP contribution in [0.4, 0.5) is 0 Å². The normalized spacial score (nSPS) is 11.4. The zero-order valence-corrected chi connectivity index (χ0v) is 9.22. The number of rotatable bonds is 1. The molecule has 0 aromatic heterocycles. The number of aromatic hydroxyl groups is 1. The van der Waals surface area contributed by atoms with Crippen LogP contribution in [0.15, 0.2) is 66.7 Å². The zero-order valence-electron chi connectivity index (χ0n) is 10.2. The lowest BCUT2D eigenvalue weighted by molar-refractivity contribution is 0.477. The SMILES string of the molecule is [2H]c1c(-c2ccccc2O)ccc2ccccc12. The average molecular weight is 221 g/mol. The third-order valence-electron chi connectivity index (χ3n) is 2.85. The molecule has 0 aliphatic carbocycles. The number of phenols is 1. The summed E-state index contributed by atoms with van der Waals surface area (Å²) < 4.78 is 8.26. The summed E-state index contributed by atoms with van der Waals surface area (Å²) in [5, 5.41) is 11.8. The van der Waals surface area contributed by atoms with Crippen molar-refractivity contribution >= 4 is 10.8 Å². The summed E-state index contributed by atoms with van der Waals surface area (Å²) in [7, 11) is 0. The third kappa shape index (κ3) is 1.76. The molecule has 17 heavy (non-hydrogen) atoms. The predicted octanol–water partition coefficient (Wildman–Crippen LogP) is 4.21. The van der Waals surface area contributed by atoms with Crippen molar-refractivity contribution in [2.24, 2.45) is 0 Å². The van der Waals surface area contributed by atoms with Crippen LogP contribution in [0.5, 0.6) is 5.75 Å². The highest BCUT2D eigenvalue weighted by Crippen LogP contribution is 2.30. The summed E-state index contributed by atoms with van der Waals surface area (Å²) in [4.78, 5) is 0. The van der Waals surface area contributed by atoms with Gasteiger partial charge >= 0.3 is 0 Å². The van der Waals surface area contributed by atoms with Gasteiger partial charge in [-0.1, -0.05) is 54.6 Å². The van der Waals surface area contributed by atoms with Gasteiger partial charge in [-0.2, -0.15) is 0 Å². The highest BCUT2D eigenvalue weighted by Gasteiger charge is 2.03. The predicted molar refractivity (Wildman–Crippen MR) is 71.0 cm³/mol. The van der Waals surface area contributed by atoms with Gasteiger partial charge in [0.1, 0.15) is 5.75 Å². The molecule has 82 valence electrons. The van der Waals surface area contributed by atoms with Gasteiger partial charge in [0.05, 0.1) is 1.37 Å². The van der Waals surface area contributed by atoms with Crippen molar-refractivity contribution < 1.29 is 6.48 Å². The fourth-order valence-electron chi connectivity index (χ4n) is 1.97. The molecule has 0 atom stereocenters.